The van der Waals surface area contributed by atoms with Gasteiger partial charge in [0.25, 0.3) is 0 Å². The number of carboxylic acids is 1. The van der Waals surface area contributed by atoms with E-state index in [9.17, 15) is 4.79 Å². The lowest BCUT2D eigenvalue weighted by molar-refractivity contribution is -0.138. The second kappa shape index (κ2) is 6.18. The van der Waals surface area contributed by atoms with Crippen LogP contribution >= 0.6 is 0 Å². The van der Waals surface area contributed by atoms with Crippen LogP contribution in [0.2, 0.25) is 0 Å². The van der Waals surface area contributed by atoms with Gasteiger partial charge in [-0.3, -0.25) is 0 Å². The first-order valence-corrected chi connectivity index (χ1v) is 5.90. The molecule has 1 aromatic rings. The smallest absolute Gasteiger partial charge is 0.326 e. The fraction of sp³-hybridized carbons (Fsp3) is 0.583. The molecule has 1 heterocycles. The first-order valence-electron chi connectivity index (χ1n) is 5.90. The molecule has 6 heteroatoms. The Morgan fingerprint density at radius 1 is 1.50 bits per heavy atom. The van der Waals surface area contributed by atoms with Crippen LogP contribution in [0.15, 0.2) is 12.3 Å². The summed E-state index contributed by atoms with van der Waals surface area (Å²) in [5.74, 6) is 0.512. The van der Waals surface area contributed by atoms with E-state index in [1.807, 2.05) is 27.9 Å². The molecular weight excluding hydrogens is 232 g/mol. The monoisotopic (exact) mass is 252 g/mol. The molecule has 18 heavy (non-hydrogen) atoms. The number of nitrogens with one attached hydrogen (secondary N) is 1. The van der Waals surface area contributed by atoms with E-state index >= 15 is 0 Å². The summed E-state index contributed by atoms with van der Waals surface area (Å²) in [6.07, 6.45) is 2.16. The van der Waals surface area contributed by atoms with Gasteiger partial charge in [0.05, 0.1) is 0 Å². The van der Waals surface area contributed by atoms with Crippen LogP contribution in [0.25, 0.3) is 0 Å². The minimum Gasteiger partial charge on any atom is -0.480 e. The number of aliphatic carboxylic acids is 1. The molecule has 100 valence electrons. The minimum atomic E-state index is -0.867. The second-order valence-corrected chi connectivity index (χ2v) is 4.80. The number of nitrogens with zero attached hydrogens (tertiary/aromatic N) is 3. The predicted octanol–water partition coefficient (Wildman–Crippen LogP) is 1.45. The normalized spacial score (nSPS) is 12.3. The molecule has 1 atom stereocenters. The summed E-state index contributed by atoms with van der Waals surface area (Å²) in [6, 6.07) is 1.04. The maximum atomic E-state index is 11.1. The van der Waals surface area contributed by atoms with E-state index in [-0.39, 0.29) is 0 Å². The molecule has 1 aromatic heterocycles. The van der Waals surface area contributed by atoms with E-state index in [4.69, 9.17) is 5.11 Å². The number of rotatable bonds is 6. The van der Waals surface area contributed by atoms with Crippen molar-refractivity contribution in [1.29, 1.82) is 0 Å². The highest BCUT2D eigenvalue weighted by Crippen LogP contribution is 2.13. The van der Waals surface area contributed by atoms with Crippen molar-refractivity contribution in [3.8, 4) is 0 Å². The molecule has 0 saturated heterocycles. The van der Waals surface area contributed by atoms with Gasteiger partial charge >= 0.3 is 5.97 Å². The molecule has 0 spiro atoms. The molecule has 0 aliphatic carbocycles. The zero-order chi connectivity index (χ0) is 13.7. The molecule has 6 nitrogen and oxygen atoms in total. The molecule has 0 bridgehead atoms. The summed E-state index contributed by atoms with van der Waals surface area (Å²) in [6.45, 7) is 3.98. The van der Waals surface area contributed by atoms with Crippen molar-refractivity contribution in [1.82, 2.24) is 9.97 Å². The molecule has 1 rings (SSSR count). The molecule has 0 radical (unpaired) electrons. The van der Waals surface area contributed by atoms with E-state index in [1.54, 1.807) is 17.2 Å². The highest BCUT2D eigenvalue weighted by Gasteiger charge is 2.19. The van der Waals surface area contributed by atoms with Crippen LogP contribution in [0.3, 0.4) is 0 Å². The third kappa shape index (κ3) is 4.20. The topological polar surface area (TPSA) is 78.4 Å². The van der Waals surface area contributed by atoms with Crippen molar-refractivity contribution >= 4 is 17.7 Å². The highest BCUT2D eigenvalue weighted by molar-refractivity contribution is 5.76. The quantitative estimate of drug-likeness (QED) is 0.798. The Labute approximate surface area is 107 Å². The number of carbonyl (C=O) groups is 1. The molecule has 0 aliphatic heterocycles. The Hall–Kier alpha value is -1.85. The third-order valence-electron chi connectivity index (χ3n) is 2.37. The van der Waals surface area contributed by atoms with Crippen molar-refractivity contribution in [3.63, 3.8) is 0 Å². The Bertz CT molecular complexity index is 407. The zero-order valence-electron chi connectivity index (χ0n) is 11.2. The zero-order valence-corrected chi connectivity index (χ0v) is 11.2. The standard InChI is InChI=1S/C12H20N4O2/c1-8(2)7-9(11(17)18)14-10-5-6-13-12(15-10)16(3)4/h5-6,8-9H,7H2,1-4H3,(H,17,18)(H,13,14,15)/t9-/m1/s1. The summed E-state index contributed by atoms with van der Waals surface area (Å²) in [5, 5.41) is 12.1. The maximum absolute atomic E-state index is 11.1. The van der Waals surface area contributed by atoms with Gasteiger partial charge in [-0.15, -0.1) is 0 Å². The lowest BCUT2D eigenvalue weighted by atomic mass is 10.0. The van der Waals surface area contributed by atoms with Crippen LogP contribution in [-0.2, 0) is 4.79 Å². The van der Waals surface area contributed by atoms with Gasteiger partial charge in [-0.25, -0.2) is 9.78 Å². The summed E-state index contributed by atoms with van der Waals surface area (Å²) in [5.41, 5.74) is 0. The number of anilines is 2. The van der Waals surface area contributed by atoms with Gasteiger partial charge in [-0.2, -0.15) is 4.98 Å². The van der Waals surface area contributed by atoms with Gasteiger partial charge < -0.3 is 15.3 Å². The van der Waals surface area contributed by atoms with Crippen molar-refractivity contribution < 1.29 is 9.90 Å². The van der Waals surface area contributed by atoms with Gasteiger partial charge in [0.1, 0.15) is 11.9 Å². The number of hydrogen-bond donors (Lipinski definition) is 2. The summed E-state index contributed by atoms with van der Waals surface area (Å²) >= 11 is 0. The molecule has 0 fully saturated rings. The highest BCUT2D eigenvalue weighted by atomic mass is 16.4. The van der Waals surface area contributed by atoms with Gasteiger partial charge in [-0.1, -0.05) is 13.8 Å². The van der Waals surface area contributed by atoms with Crippen LogP contribution in [0.4, 0.5) is 11.8 Å². The molecule has 0 aromatic carbocycles. The summed E-state index contributed by atoms with van der Waals surface area (Å²) in [4.78, 5) is 21.2. The van der Waals surface area contributed by atoms with E-state index < -0.39 is 12.0 Å². The molecule has 2 N–H and O–H groups in total. The van der Waals surface area contributed by atoms with Crippen LogP contribution in [0, 0.1) is 5.92 Å². The van der Waals surface area contributed by atoms with Crippen LogP contribution in [0.5, 0.6) is 0 Å². The van der Waals surface area contributed by atoms with E-state index in [0.717, 1.165) is 0 Å². The third-order valence-corrected chi connectivity index (χ3v) is 2.37. The number of aromatic nitrogens is 2. The summed E-state index contributed by atoms with van der Waals surface area (Å²) < 4.78 is 0. The van der Waals surface area contributed by atoms with E-state index in [2.05, 4.69) is 15.3 Å². The summed E-state index contributed by atoms with van der Waals surface area (Å²) in [7, 11) is 3.67. The molecular formula is C12H20N4O2. The van der Waals surface area contributed by atoms with E-state index in [1.165, 1.54) is 0 Å². The van der Waals surface area contributed by atoms with Gasteiger partial charge in [0, 0.05) is 20.3 Å². The van der Waals surface area contributed by atoms with Gasteiger partial charge in [-0.05, 0) is 18.4 Å². The van der Waals surface area contributed by atoms with Crippen molar-refractivity contribution in [2.75, 3.05) is 24.3 Å². The first kappa shape index (κ1) is 14.2. The Balaban J connectivity index is 2.80. The van der Waals surface area contributed by atoms with E-state index in [0.29, 0.717) is 24.1 Å². The minimum absolute atomic E-state index is 0.300. The van der Waals surface area contributed by atoms with Crippen molar-refractivity contribution in [3.05, 3.63) is 12.3 Å². The molecule has 0 saturated carbocycles. The Morgan fingerprint density at radius 2 is 2.17 bits per heavy atom. The number of hydrogen-bond acceptors (Lipinski definition) is 5. The Kier molecular flexibility index (Phi) is 4.88. The van der Waals surface area contributed by atoms with Gasteiger partial charge in [0.2, 0.25) is 5.95 Å². The van der Waals surface area contributed by atoms with Crippen LogP contribution in [-0.4, -0.2) is 41.2 Å². The van der Waals surface area contributed by atoms with Crippen LogP contribution in [0.1, 0.15) is 20.3 Å². The average Bonchev–Trinajstić information content (AvgIpc) is 2.27. The predicted molar refractivity (Wildman–Crippen MR) is 70.9 cm³/mol. The fourth-order valence-corrected chi connectivity index (χ4v) is 1.52. The molecule has 0 aliphatic rings. The maximum Gasteiger partial charge on any atom is 0.326 e. The number of carboxylic acid groups (broad SMARTS) is 1. The average molecular weight is 252 g/mol. The molecule has 0 unspecified atom stereocenters. The molecule has 0 amide bonds. The second-order valence-electron chi connectivity index (χ2n) is 4.80. The fourth-order valence-electron chi connectivity index (χ4n) is 1.52. The van der Waals surface area contributed by atoms with Crippen molar-refractivity contribution in [2.24, 2.45) is 5.92 Å². The lowest BCUT2D eigenvalue weighted by Crippen LogP contribution is -2.31. The van der Waals surface area contributed by atoms with Crippen molar-refractivity contribution in [2.45, 2.75) is 26.3 Å². The van der Waals surface area contributed by atoms with Gasteiger partial charge in [0.15, 0.2) is 0 Å². The largest absolute Gasteiger partial charge is 0.480 e. The van der Waals surface area contributed by atoms with Crippen LogP contribution < -0.4 is 10.2 Å². The SMILES string of the molecule is CC(C)C[C@@H](Nc1ccnc(N(C)C)n1)C(=O)O. The Morgan fingerprint density at radius 3 is 2.67 bits per heavy atom. The lowest BCUT2D eigenvalue weighted by Gasteiger charge is -2.18. The first-order chi connectivity index (χ1) is 8.40.